The van der Waals surface area contributed by atoms with Crippen LogP contribution in [0.25, 0.3) is 0 Å². The third-order valence-corrected chi connectivity index (χ3v) is 7.07. The van der Waals surface area contributed by atoms with Gasteiger partial charge in [0, 0.05) is 33.1 Å². The van der Waals surface area contributed by atoms with Gasteiger partial charge in [-0.1, -0.05) is 0 Å². The van der Waals surface area contributed by atoms with Crippen molar-refractivity contribution in [3.05, 3.63) is 40.7 Å². The molecule has 0 radical (unpaired) electrons. The van der Waals surface area contributed by atoms with E-state index in [1.165, 1.54) is 16.4 Å². The molecule has 1 aromatic heterocycles. The Morgan fingerprint density at radius 1 is 1.39 bits per heavy atom. The highest BCUT2D eigenvalue weighted by molar-refractivity contribution is 7.89. The Morgan fingerprint density at radius 3 is 2.75 bits per heavy atom. The predicted molar refractivity (Wildman–Crippen MR) is 103 cm³/mol. The van der Waals surface area contributed by atoms with Gasteiger partial charge in [-0.2, -0.15) is 9.40 Å². The number of rotatable bonds is 6. The maximum Gasteiger partial charge on any atom is 0.243 e. The van der Waals surface area contributed by atoms with E-state index in [-0.39, 0.29) is 17.3 Å². The Kier molecular flexibility index (Phi) is 6.26. The molecule has 28 heavy (non-hydrogen) atoms. The lowest BCUT2D eigenvalue weighted by molar-refractivity contribution is -0.126. The zero-order valence-electron chi connectivity index (χ0n) is 15.4. The quantitative estimate of drug-likeness (QED) is 0.679. The Balaban J connectivity index is 1.59. The third kappa shape index (κ3) is 4.47. The van der Waals surface area contributed by atoms with Gasteiger partial charge in [-0.15, -0.1) is 0 Å². The summed E-state index contributed by atoms with van der Waals surface area (Å²) in [5.41, 5.74) is 0. The lowest BCUT2D eigenvalue weighted by Crippen LogP contribution is -2.45. The van der Waals surface area contributed by atoms with Crippen LogP contribution in [-0.4, -0.2) is 53.0 Å². The average Bonchev–Trinajstić information content (AvgIpc) is 3.00. The first kappa shape index (κ1) is 20.6. The van der Waals surface area contributed by atoms with Crippen molar-refractivity contribution in [1.29, 1.82) is 0 Å². The van der Waals surface area contributed by atoms with E-state index in [2.05, 4.69) is 15.5 Å². The number of sulfonamides is 1. The molecule has 11 heteroatoms. The van der Waals surface area contributed by atoms with E-state index in [0.717, 1.165) is 18.0 Å². The third-order valence-electron chi connectivity index (χ3n) is 4.83. The van der Waals surface area contributed by atoms with Gasteiger partial charge in [0.15, 0.2) is 4.77 Å². The van der Waals surface area contributed by atoms with Crippen LogP contribution in [-0.2, 0) is 28.3 Å². The van der Waals surface area contributed by atoms with Crippen molar-refractivity contribution in [2.24, 2.45) is 13.0 Å². The van der Waals surface area contributed by atoms with Crippen molar-refractivity contribution in [3.63, 3.8) is 0 Å². The van der Waals surface area contributed by atoms with Crippen LogP contribution in [0.4, 0.5) is 4.39 Å². The van der Waals surface area contributed by atoms with Crippen LogP contribution in [0.5, 0.6) is 0 Å². The first-order chi connectivity index (χ1) is 13.3. The fourth-order valence-electron chi connectivity index (χ4n) is 3.18. The van der Waals surface area contributed by atoms with Gasteiger partial charge in [-0.05, 0) is 49.3 Å². The fourth-order valence-corrected chi connectivity index (χ4v) is 4.85. The number of carbonyl (C=O) groups excluding carboxylic acids is 1. The van der Waals surface area contributed by atoms with E-state index in [1.54, 1.807) is 11.6 Å². The Labute approximate surface area is 167 Å². The number of nitrogens with one attached hydrogen (secondary N) is 2. The Hall–Kier alpha value is -2.11. The first-order valence-corrected chi connectivity index (χ1v) is 10.8. The number of aromatic amines is 1. The van der Waals surface area contributed by atoms with Gasteiger partial charge >= 0.3 is 0 Å². The van der Waals surface area contributed by atoms with Crippen LogP contribution in [0.1, 0.15) is 18.7 Å². The number of carbonyl (C=O) groups is 1. The molecule has 1 unspecified atom stereocenters. The molecule has 0 spiro atoms. The molecule has 0 aliphatic carbocycles. The summed E-state index contributed by atoms with van der Waals surface area (Å²) in [5, 5.41) is 9.62. The van der Waals surface area contributed by atoms with Gasteiger partial charge < -0.3 is 9.88 Å². The lowest BCUT2D eigenvalue weighted by atomic mass is 9.99. The minimum atomic E-state index is -3.75. The zero-order chi connectivity index (χ0) is 20.3. The molecule has 1 saturated heterocycles. The number of aromatic nitrogens is 3. The van der Waals surface area contributed by atoms with Gasteiger partial charge in [-0.25, -0.2) is 12.8 Å². The molecule has 3 rings (SSSR count). The summed E-state index contributed by atoms with van der Waals surface area (Å²) in [6, 6.07) is 4.71. The van der Waals surface area contributed by atoms with Crippen LogP contribution >= 0.6 is 12.2 Å². The molecular formula is C17H22FN5O3S2. The zero-order valence-corrected chi connectivity index (χ0v) is 17.0. The highest BCUT2D eigenvalue weighted by atomic mass is 32.2. The number of halogens is 1. The molecule has 1 aliphatic rings. The van der Waals surface area contributed by atoms with Crippen molar-refractivity contribution in [3.8, 4) is 0 Å². The predicted octanol–water partition coefficient (Wildman–Crippen LogP) is 1.38. The van der Waals surface area contributed by atoms with Crippen molar-refractivity contribution in [1.82, 2.24) is 24.4 Å². The van der Waals surface area contributed by atoms with Gasteiger partial charge in [0.05, 0.1) is 10.8 Å². The maximum atomic E-state index is 13.1. The van der Waals surface area contributed by atoms with Gasteiger partial charge in [-0.3, -0.25) is 9.89 Å². The largest absolute Gasteiger partial charge is 0.355 e. The van der Waals surface area contributed by atoms with Crippen LogP contribution in [0.15, 0.2) is 29.2 Å². The number of piperidine rings is 1. The minimum absolute atomic E-state index is 0.0284. The van der Waals surface area contributed by atoms with Crippen LogP contribution in [0, 0.1) is 16.5 Å². The summed E-state index contributed by atoms with van der Waals surface area (Å²) in [7, 11) is -1.96. The van der Waals surface area contributed by atoms with E-state index >= 15 is 0 Å². The van der Waals surface area contributed by atoms with E-state index < -0.39 is 21.8 Å². The van der Waals surface area contributed by atoms with Crippen molar-refractivity contribution in [2.45, 2.75) is 24.2 Å². The number of hydrogen-bond donors (Lipinski definition) is 2. The average molecular weight is 428 g/mol. The van der Waals surface area contributed by atoms with Crippen molar-refractivity contribution >= 4 is 28.1 Å². The number of H-pyrrole nitrogens is 1. The monoisotopic (exact) mass is 427 g/mol. The standard InChI is InChI=1S/C17H22FN5O3S2/c1-22-15(20-21-17(22)27)8-9-19-16(24)12-3-2-10-23(11-12)28(25,26)14-6-4-13(18)5-7-14/h4-7,12H,2-3,8-11H2,1H3,(H,19,24)(H,21,27). The summed E-state index contributed by atoms with van der Waals surface area (Å²) >= 11 is 5.05. The lowest BCUT2D eigenvalue weighted by Gasteiger charge is -2.31. The number of benzene rings is 1. The maximum absolute atomic E-state index is 13.1. The second-order valence-electron chi connectivity index (χ2n) is 6.70. The molecule has 152 valence electrons. The summed E-state index contributed by atoms with van der Waals surface area (Å²) in [4.78, 5) is 12.5. The summed E-state index contributed by atoms with van der Waals surface area (Å²) in [6.45, 7) is 0.833. The normalized spacial score (nSPS) is 18.1. The van der Waals surface area contributed by atoms with E-state index in [9.17, 15) is 17.6 Å². The number of amides is 1. The fraction of sp³-hybridized carbons (Fsp3) is 0.471. The molecular weight excluding hydrogens is 405 g/mol. The Bertz CT molecular complexity index is 1000. The second-order valence-corrected chi connectivity index (χ2v) is 9.03. The van der Waals surface area contributed by atoms with Crippen molar-refractivity contribution < 1.29 is 17.6 Å². The van der Waals surface area contributed by atoms with Gasteiger partial charge in [0.1, 0.15) is 11.6 Å². The highest BCUT2D eigenvalue weighted by Crippen LogP contribution is 2.24. The second kappa shape index (κ2) is 8.50. The summed E-state index contributed by atoms with van der Waals surface area (Å²) in [5.74, 6) is -0.375. The molecule has 2 aromatic rings. The smallest absolute Gasteiger partial charge is 0.243 e. The van der Waals surface area contributed by atoms with E-state index in [4.69, 9.17) is 12.2 Å². The van der Waals surface area contributed by atoms with Crippen LogP contribution in [0.2, 0.25) is 0 Å². The molecule has 8 nitrogen and oxygen atoms in total. The molecule has 1 aromatic carbocycles. The topological polar surface area (TPSA) is 100 Å². The van der Waals surface area contributed by atoms with Gasteiger partial charge in [0.2, 0.25) is 15.9 Å². The van der Waals surface area contributed by atoms with E-state index in [1.807, 2.05) is 0 Å². The number of nitrogens with zero attached hydrogens (tertiary/aromatic N) is 3. The number of hydrogen-bond acceptors (Lipinski definition) is 5. The molecule has 2 heterocycles. The minimum Gasteiger partial charge on any atom is -0.355 e. The molecule has 1 fully saturated rings. The SMILES string of the molecule is Cn1c(CCNC(=O)C2CCCN(S(=O)(=O)c3ccc(F)cc3)C2)n[nH]c1=S. The Morgan fingerprint density at radius 2 is 2.11 bits per heavy atom. The molecule has 1 aliphatic heterocycles. The molecule has 1 amide bonds. The molecule has 1 atom stereocenters. The van der Waals surface area contributed by atoms with Crippen LogP contribution in [0.3, 0.4) is 0 Å². The molecule has 0 bridgehead atoms. The summed E-state index contributed by atoms with van der Waals surface area (Å²) in [6.07, 6.45) is 1.72. The van der Waals surface area contributed by atoms with Crippen LogP contribution < -0.4 is 5.32 Å². The summed E-state index contributed by atoms with van der Waals surface area (Å²) < 4.78 is 42.1. The molecule has 0 saturated carbocycles. The first-order valence-electron chi connectivity index (χ1n) is 8.93. The van der Waals surface area contributed by atoms with Gasteiger partial charge in [0.25, 0.3) is 0 Å². The molecule has 2 N–H and O–H groups in total. The van der Waals surface area contributed by atoms with E-state index in [0.29, 0.717) is 37.1 Å². The van der Waals surface area contributed by atoms with Crippen molar-refractivity contribution in [2.75, 3.05) is 19.6 Å². The highest BCUT2D eigenvalue weighted by Gasteiger charge is 2.33.